The number of hydrogen-bond donors (Lipinski definition) is 2. The van der Waals surface area contributed by atoms with Gasteiger partial charge in [-0.3, -0.25) is 9.05 Å². The zero-order valence-electron chi connectivity index (χ0n) is 34.5. The van der Waals surface area contributed by atoms with Gasteiger partial charge in [-0.1, -0.05) is 122 Å². The summed E-state index contributed by atoms with van der Waals surface area (Å²) < 4.78 is 45.7. The Bertz CT molecular complexity index is 1800. The molecule has 1 saturated heterocycles. The lowest BCUT2D eigenvalue weighted by atomic mass is 9.86. The smallest absolute Gasteiger partial charge is 0.382 e. The van der Waals surface area contributed by atoms with E-state index in [1.165, 1.54) is 83.4 Å². The van der Waals surface area contributed by atoms with E-state index in [-0.39, 0.29) is 31.8 Å². The Labute approximate surface area is 344 Å². The highest BCUT2D eigenvalue weighted by Crippen LogP contribution is 2.57. The van der Waals surface area contributed by atoms with Gasteiger partial charge in [0, 0.05) is 22.0 Å². The zero-order chi connectivity index (χ0) is 40.9. The fourth-order valence-electron chi connectivity index (χ4n) is 8.44. The minimum absolute atomic E-state index is 0.0949. The molecule has 1 aliphatic heterocycles. The minimum Gasteiger partial charge on any atom is -0.382 e. The van der Waals surface area contributed by atoms with E-state index in [1.807, 2.05) is 32.9 Å². The number of ether oxygens (including phenoxy) is 3. The molecule has 57 heavy (non-hydrogen) atoms. The first-order valence-electron chi connectivity index (χ1n) is 21.2. The molecule has 2 fully saturated rings. The van der Waals surface area contributed by atoms with Crippen LogP contribution in [0.1, 0.15) is 160 Å². The van der Waals surface area contributed by atoms with Crippen LogP contribution < -0.4 is 5.73 Å². The average Bonchev–Trinajstić information content (AvgIpc) is 3.83. The van der Waals surface area contributed by atoms with Crippen LogP contribution in [-0.4, -0.2) is 56.8 Å². The van der Waals surface area contributed by atoms with Gasteiger partial charge in [0.2, 0.25) is 0 Å². The molecule has 2 aromatic heterocycles. The summed E-state index contributed by atoms with van der Waals surface area (Å²) in [5.74, 6) is -0.632. The highest BCUT2D eigenvalue weighted by atomic mass is 35.5. The third kappa shape index (κ3) is 13.5. The maximum Gasteiger partial charge on any atom is 0.472 e. The largest absolute Gasteiger partial charge is 0.472 e. The monoisotopic (exact) mass is 829 g/mol. The van der Waals surface area contributed by atoms with Crippen LogP contribution in [0.25, 0.3) is 5.52 Å². The number of phosphoric ester groups is 1. The number of anilines is 1. The second-order valence-corrected chi connectivity index (χ2v) is 18.7. The summed E-state index contributed by atoms with van der Waals surface area (Å²) in [6, 6.07) is 11.1. The van der Waals surface area contributed by atoms with Crippen molar-refractivity contribution in [2.24, 2.45) is 5.41 Å². The number of halogens is 1. The number of hydrogen-bond acceptors (Lipinski definition) is 10. The molecule has 1 unspecified atom stereocenters. The van der Waals surface area contributed by atoms with Crippen LogP contribution in [0.5, 0.6) is 0 Å². The average molecular weight is 830 g/mol. The first-order chi connectivity index (χ1) is 27.3. The lowest BCUT2D eigenvalue weighted by Gasteiger charge is -2.32. The molecular formula is C43H65ClN5O7P. The van der Waals surface area contributed by atoms with Crippen LogP contribution in [-0.2, 0) is 34.4 Å². The van der Waals surface area contributed by atoms with E-state index in [0.29, 0.717) is 34.8 Å². The second-order valence-electron chi connectivity index (χ2n) is 16.9. The highest BCUT2D eigenvalue weighted by Gasteiger charge is 2.60. The predicted molar refractivity (Wildman–Crippen MR) is 223 cm³/mol. The van der Waals surface area contributed by atoms with Crippen LogP contribution in [0.3, 0.4) is 0 Å². The summed E-state index contributed by atoms with van der Waals surface area (Å²) in [6.07, 6.45) is 20.4. The second kappa shape index (κ2) is 21.6. The van der Waals surface area contributed by atoms with Crippen molar-refractivity contribution in [2.45, 2.75) is 173 Å². The van der Waals surface area contributed by atoms with Gasteiger partial charge in [0.1, 0.15) is 11.8 Å². The van der Waals surface area contributed by atoms with Crippen molar-refractivity contribution in [1.82, 2.24) is 14.6 Å². The molecule has 2 aliphatic rings. The molecule has 12 nitrogen and oxygen atoms in total. The molecular weight excluding hydrogens is 765 g/mol. The maximum atomic E-state index is 13.5. The molecule has 3 N–H and O–H groups in total. The van der Waals surface area contributed by atoms with E-state index in [0.717, 1.165) is 30.5 Å². The number of nitrogens with two attached hydrogens (primary N) is 1. The number of fused-ring (bicyclic) bond motifs is 2. The molecule has 316 valence electrons. The summed E-state index contributed by atoms with van der Waals surface area (Å²) in [5.41, 5.74) is 8.20. The Morgan fingerprint density at radius 2 is 1.63 bits per heavy atom. The minimum atomic E-state index is -4.51. The summed E-state index contributed by atoms with van der Waals surface area (Å²) >= 11 is 6.24. The molecule has 0 amide bonds. The van der Waals surface area contributed by atoms with Gasteiger partial charge in [0.05, 0.1) is 49.8 Å². The Morgan fingerprint density at radius 3 is 2.28 bits per heavy atom. The molecule has 1 aromatic carbocycles. The summed E-state index contributed by atoms with van der Waals surface area (Å²) in [4.78, 5) is 15.1. The van der Waals surface area contributed by atoms with Crippen molar-refractivity contribution < 1.29 is 32.7 Å². The SMILES string of the molecule is CCCCCCCCCCCCCCCCC[C@H](COP(=O)(O)OC[C@@]1(C)C[C@@H](c2ccc3c(N)ncnn23)[C@@H]2OC(C)(C)O[C@@H]21)OCc1cc(Cl)cc(C#N)c1. The zero-order valence-corrected chi connectivity index (χ0v) is 36.2. The molecule has 1 saturated carbocycles. The number of unbranched alkanes of at least 4 members (excludes halogenated alkanes) is 14. The summed E-state index contributed by atoms with van der Waals surface area (Å²) in [7, 11) is -4.51. The van der Waals surface area contributed by atoms with Crippen molar-refractivity contribution in [3.63, 3.8) is 0 Å². The Balaban J connectivity index is 1.11. The molecule has 0 spiro atoms. The first kappa shape index (κ1) is 45.5. The molecule has 6 atom stereocenters. The van der Waals surface area contributed by atoms with E-state index < -0.39 is 31.2 Å². The quantitative estimate of drug-likeness (QED) is 0.0584. The van der Waals surface area contributed by atoms with Gasteiger partial charge in [0.25, 0.3) is 0 Å². The number of nitrogen functional groups attached to an aromatic ring is 1. The van der Waals surface area contributed by atoms with E-state index in [2.05, 4.69) is 23.1 Å². The maximum absolute atomic E-state index is 13.5. The molecule has 14 heteroatoms. The number of phosphoric acid groups is 1. The lowest BCUT2D eigenvalue weighted by molar-refractivity contribution is -0.168. The van der Waals surface area contributed by atoms with Crippen molar-refractivity contribution in [3.05, 3.63) is 58.5 Å². The van der Waals surface area contributed by atoms with E-state index in [9.17, 15) is 14.7 Å². The normalized spacial score (nSPS) is 23.1. The number of nitrogens with zero attached hydrogens (tertiary/aromatic N) is 4. The lowest BCUT2D eigenvalue weighted by Crippen LogP contribution is -2.37. The first-order valence-corrected chi connectivity index (χ1v) is 23.1. The molecule has 5 rings (SSSR count). The van der Waals surface area contributed by atoms with E-state index >= 15 is 0 Å². The standard InChI is InChI=1S/C43H65ClN5O7P/c1-5-6-7-8-9-10-11-12-13-14-15-16-17-18-19-20-35(52-28-33-23-32(27-45)24-34(44)25-33)29-53-57(50,51)54-30-43(4)26-36(39-40(43)56-42(2,3)55-39)37-21-22-38-41(46)47-31-48-49(37)38/h21-25,31,35-36,39-40H,5-20,26,28-30H2,1-4H3,(H,50,51)(H2,46,47,48)/t35-,36+,39+,40+,43-/m1/s1. The topological polar surface area (TPSA) is 163 Å². The molecule has 3 aromatic rings. The van der Waals surface area contributed by atoms with Gasteiger partial charge in [-0.25, -0.2) is 14.1 Å². The molecule has 1 aliphatic carbocycles. The predicted octanol–water partition coefficient (Wildman–Crippen LogP) is 10.8. The van der Waals surface area contributed by atoms with Crippen molar-refractivity contribution >= 4 is 30.8 Å². The number of rotatable bonds is 26. The van der Waals surface area contributed by atoms with Crippen molar-refractivity contribution in [1.29, 1.82) is 5.26 Å². The van der Waals surface area contributed by atoms with Crippen LogP contribution in [0.4, 0.5) is 5.82 Å². The van der Waals surface area contributed by atoms with Crippen LogP contribution in [0, 0.1) is 16.7 Å². The third-order valence-corrected chi connectivity index (χ3v) is 12.6. The van der Waals surface area contributed by atoms with E-state index in [4.69, 9.17) is 40.6 Å². The van der Waals surface area contributed by atoms with Crippen molar-refractivity contribution in [2.75, 3.05) is 18.9 Å². The molecule has 0 bridgehead atoms. The fourth-order valence-corrected chi connectivity index (χ4v) is 9.58. The highest BCUT2D eigenvalue weighted by molar-refractivity contribution is 7.47. The van der Waals surface area contributed by atoms with Crippen LogP contribution in [0.15, 0.2) is 36.7 Å². The van der Waals surface area contributed by atoms with Gasteiger partial charge in [-0.05, 0) is 62.6 Å². The summed E-state index contributed by atoms with van der Waals surface area (Å²) in [6.45, 7) is 7.93. The van der Waals surface area contributed by atoms with Crippen LogP contribution in [0.2, 0.25) is 5.02 Å². The van der Waals surface area contributed by atoms with E-state index in [1.54, 1.807) is 22.7 Å². The van der Waals surface area contributed by atoms with Gasteiger partial charge in [0.15, 0.2) is 11.6 Å². The number of benzene rings is 1. The van der Waals surface area contributed by atoms with Gasteiger partial charge in [-0.15, -0.1) is 0 Å². The van der Waals surface area contributed by atoms with Gasteiger partial charge < -0.3 is 24.8 Å². The number of nitriles is 1. The number of aromatic nitrogens is 3. The Kier molecular flexibility index (Phi) is 17.2. The Morgan fingerprint density at radius 1 is 0.982 bits per heavy atom. The van der Waals surface area contributed by atoms with Gasteiger partial charge >= 0.3 is 7.82 Å². The van der Waals surface area contributed by atoms with Crippen molar-refractivity contribution in [3.8, 4) is 6.07 Å². The molecule has 3 heterocycles. The summed E-state index contributed by atoms with van der Waals surface area (Å²) in [5, 5.41) is 14.3. The van der Waals surface area contributed by atoms with Gasteiger partial charge in [-0.2, -0.15) is 10.4 Å². The molecule has 0 radical (unpaired) electrons. The third-order valence-electron chi connectivity index (χ3n) is 11.5. The Hall–Kier alpha value is -2.59. The van der Waals surface area contributed by atoms with Crippen LogP contribution >= 0.6 is 19.4 Å². The fraction of sp³-hybridized carbons (Fsp3) is 0.698.